The van der Waals surface area contributed by atoms with Crippen LogP contribution in [0.25, 0.3) is 11.1 Å². The van der Waals surface area contributed by atoms with Crippen LogP contribution in [-0.2, 0) is 6.42 Å². The van der Waals surface area contributed by atoms with E-state index in [9.17, 15) is 4.79 Å². The van der Waals surface area contributed by atoms with E-state index in [0.29, 0.717) is 5.56 Å². The fraction of sp³-hybridized carbons (Fsp3) is 0.280. The van der Waals surface area contributed by atoms with Crippen LogP contribution in [0, 0.1) is 13.8 Å². The third-order valence-electron chi connectivity index (χ3n) is 5.04. The summed E-state index contributed by atoms with van der Waals surface area (Å²) in [6.45, 7) is 6.48. The molecule has 0 spiro atoms. The molecule has 1 aromatic heterocycles. The van der Waals surface area contributed by atoms with Gasteiger partial charge in [-0.05, 0) is 73.0 Å². The number of unbranched alkanes of at least 4 members (excludes halogenated alkanes) is 2. The van der Waals surface area contributed by atoms with Crippen molar-refractivity contribution in [1.82, 2.24) is 9.71 Å². The Morgan fingerprint density at radius 3 is 2.66 bits per heavy atom. The van der Waals surface area contributed by atoms with Gasteiger partial charge in [-0.2, -0.15) is 0 Å². The Labute approximate surface area is 178 Å². The molecule has 0 saturated heterocycles. The minimum Gasteiger partial charge on any atom is -0.292 e. The minimum absolute atomic E-state index is 0.122. The van der Waals surface area contributed by atoms with Gasteiger partial charge in [0.05, 0.1) is 5.56 Å². The maximum absolute atomic E-state index is 12.5. The smallest absolute Gasteiger partial charge is 0.262 e. The molecular weight excluding hydrogens is 376 g/mol. The van der Waals surface area contributed by atoms with E-state index in [4.69, 9.17) is 0 Å². The van der Waals surface area contributed by atoms with Crippen molar-refractivity contribution in [2.75, 3.05) is 0 Å². The highest BCUT2D eigenvalue weighted by atomic mass is 32.2. The molecule has 0 aliphatic heterocycles. The van der Waals surface area contributed by atoms with Crippen molar-refractivity contribution >= 4 is 17.9 Å². The number of carbonyl (C=O) groups is 1. The quantitative estimate of drug-likeness (QED) is 0.342. The number of aromatic nitrogens is 1. The van der Waals surface area contributed by atoms with Gasteiger partial charge in [-0.3, -0.25) is 14.5 Å². The summed E-state index contributed by atoms with van der Waals surface area (Å²) in [6, 6.07) is 16.6. The van der Waals surface area contributed by atoms with Crippen LogP contribution < -0.4 is 4.72 Å². The number of pyridine rings is 1. The van der Waals surface area contributed by atoms with Gasteiger partial charge in [0.15, 0.2) is 0 Å². The molecular formula is C25H28N2OS. The Kier molecular flexibility index (Phi) is 7.48. The summed E-state index contributed by atoms with van der Waals surface area (Å²) in [6.07, 6.45) is 7.85. The standard InChI is InChI=1S/C25H28N2OS/c1-4-5-6-10-20-13-14-23(21-11-7-9-18(2)16-21)19(3)24(20)29-27-25(28)22-12-8-15-26-17-22/h7-9,11-17H,4-6,10H2,1-3H3,(H,27,28). The molecule has 29 heavy (non-hydrogen) atoms. The molecule has 3 rings (SSSR count). The molecule has 0 aliphatic rings. The Morgan fingerprint density at radius 1 is 1.07 bits per heavy atom. The first-order valence-corrected chi connectivity index (χ1v) is 11.0. The summed E-state index contributed by atoms with van der Waals surface area (Å²) in [5, 5.41) is 0. The van der Waals surface area contributed by atoms with E-state index >= 15 is 0 Å². The average Bonchev–Trinajstić information content (AvgIpc) is 2.74. The Morgan fingerprint density at radius 2 is 1.93 bits per heavy atom. The summed E-state index contributed by atoms with van der Waals surface area (Å²) in [5.41, 5.74) is 6.74. The molecule has 0 radical (unpaired) electrons. The molecule has 1 heterocycles. The molecule has 0 fully saturated rings. The van der Waals surface area contributed by atoms with E-state index < -0.39 is 0 Å². The van der Waals surface area contributed by atoms with Crippen LogP contribution in [-0.4, -0.2) is 10.9 Å². The second-order valence-corrected chi connectivity index (χ2v) is 8.14. The van der Waals surface area contributed by atoms with Crippen LogP contribution in [0.1, 0.15) is 53.2 Å². The van der Waals surface area contributed by atoms with Crippen molar-refractivity contribution in [2.45, 2.75) is 51.3 Å². The first-order chi connectivity index (χ1) is 14.1. The zero-order valence-corrected chi connectivity index (χ0v) is 18.2. The SMILES string of the molecule is CCCCCc1ccc(-c2cccc(C)c2)c(C)c1SNC(=O)c1cccnc1. The summed E-state index contributed by atoms with van der Waals surface area (Å²) in [7, 11) is 0. The molecule has 4 heteroatoms. The Balaban J connectivity index is 1.90. The van der Waals surface area contributed by atoms with Gasteiger partial charge in [0.1, 0.15) is 0 Å². The van der Waals surface area contributed by atoms with Gasteiger partial charge in [-0.25, -0.2) is 0 Å². The van der Waals surface area contributed by atoms with Crippen LogP contribution >= 0.6 is 11.9 Å². The Hall–Kier alpha value is -2.59. The van der Waals surface area contributed by atoms with E-state index in [-0.39, 0.29) is 5.91 Å². The summed E-state index contributed by atoms with van der Waals surface area (Å²) in [5.74, 6) is -0.122. The monoisotopic (exact) mass is 404 g/mol. The van der Waals surface area contributed by atoms with Crippen molar-refractivity contribution < 1.29 is 4.79 Å². The normalized spacial score (nSPS) is 10.7. The van der Waals surface area contributed by atoms with E-state index in [1.807, 2.05) is 0 Å². The highest BCUT2D eigenvalue weighted by Crippen LogP contribution is 2.34. The van der Waals surface area contributed by atoms with Gasteiger partial charge in [-0.15, -0.1) is 0 Å². The van der Waals surface area contributed by atoms with Gasteiger partial charge < -0.3 is 0 Å². The molecule has 1 amide bonds. The van der Waals surface area contributed by atoms with Crippen molar-refractivity contribution in [3.8, 4) is 11.1 Å². The van der Waals surface area contributed by atoms with Crippen LogP contribution in [0.4, 0.5) is 0 Å². The van der Waals surface area contributed by atoms with Crippen molar-refractivity contribution in [3.63, 3.8) is 0 Å². The second-order valence-electron chi connectivity index (χ2n) is 7.33. The number of hydrogen-bond acceptors (Lipinski definition) is 3. The molecule has 1 N–H and O–H groups in total. The number of aryl methyl sites for hydroxylation is 2. The van der Waals surface area contributed by atoms with E-state index in [2.05, 4.69) is 66.9 Å². The highest BCUT2D eigenvalue weighted by molar-refractivity contribution is 7.98. The van der Waals surface area contributed by atoms with Gasteiger partial charge in [0.2, 0.25) is 0 Å². The topological polar surface area (TPSA) is 42.0 Å². The lowest BCUT2D eigenvalue weighted by atomic mass is 9.95. The molecule has 150 valence electrons. The molecule has 0 atom stereocenters. The van der Waals surface area contributed by atoms with E-state index in [1.54, 1.807) is 24.5 Å². The van der Waals surface area contributed by atoms with Crippen LogP contribution in [0.5, 0.6) is 0 Å². The third-order valence-corrected chi connectivity index (χ3v) is 6.10. The molecule has 3 nitrogen and oxygen atoms in total. The molecule has 2 aromatic carbocycles. The molecule has 3 aromatic rings. The number of nitrogens with one attached hydrogen (secondary N) is 1. The van der Waals surface area contributed by atoms with Gasteiger partial charge in [-0.1, -0.05) is 61.7 Å². The Bertz CT molecular complexity index is 970. The van der Waals surface area contributed by atoms with Crippen LogP contribution in [0.3, 0.4) is 0 Å². The first kappa shape index (κ1) is 21.1. The molecule has 0 unspecified atom stereocenters. The number of hydrogen-bond donors (Lipinski definition) is 1. The highest BCUT2D eigenvalue weighted by Gasteiger charge is 2.14. The summed E-state index contributed by atoms with van der Waals surface area (Å²) < 4.78 is 3.01. The fourth-order valence-corrected chi connectivity index (χ4v) is 4.31. The summed E-state index contributed by atoms with van der Waals surface area (Å²) >= 11 is 1.42. The zero-order chi connectivity index (χ0) is 20.6. The number of amides is 1. The van der Waals surface area contributed by atoms with Gasteiger partial charge >= 0.3 is 0 Å². The number of carbonyl (C=O) groups excluding carboxylic acids is 1. The number of rotatable bonds is 8. The van der Waals surface area contributed by atoms with Crippen molar-refractivity contribution in [1.29, 1.82) is 0 Å². The lowest BCUT2D eigenvalue weighted by molar-refractivity contribution is 0.0984. The number of nitrogens with zero attached hydrogens (tertiary/aromatic N) is 1. The van der Waals surface area contributed by atoms with E-state index in [0.717, 1.165) is 17.7 Å². The van der Waals surface area contributed by atoms with E-state index in [1.165, 1.54) is 52.6 Å². The second kappa shape index (κ2) is 10.3. The van der Waals surface area contributed by atoms with Crippen molar-refractivity contribution in [3.05, 3.63) is 83.2 Å². The molecule has 0 saturated carbocycles. The van der Waals surface area contributed by atoms with Crippen LogP contribution in [0.15, 0.2) is 65.8 Å². The predicted octanol–water partition coefficient (Wildman–Crippen LogP) is 6.54. The first-order valence-electron chi connectivity index (χ1n) is 10.2. The van der Waals surface area contributed by atoms with Crippen LogP contribution in [0.2, 0.25) is 0 Å². The zero-order valence-electron chi connectivity index (χ0n) is 17.4. The largest absolute Gasteiger partial charge is 0.292 e. The van der Waals surface area contributed by atoms with Gasteiger partial charge in [0.25, 0.3) is 5.91 Å². The lowest BCUT2D eigenvalue weighted by Crippen LogP contribution is -2.16. The van der Waals surface area contributed by atoms with Gasteiger partial charge in [0, 0.05) is 17.3 Å². The lowest BCUT2D eigenvalue weighted by Gasteiger charge is -2.17. The fourth-order valence-electron chi connectivity index (χ4n) is 3.43. The maximum Gasteiger partial charge on any atom is 0.262 e. The van der Waals surface area contributed by atoms with Crippen molar-refractivity contribution in [2.24, 2.45) is 0 Å². The number of benzene rings is 2. The molecule has 0 bridgehead atoms. The molecule has 0 aliphatic carbocycles. The maximum atomic E-state index is 12.5. The third kappa shape index (κ3) is 5.48. The predicted molar refractivity (Wildman–Crippen MR) is 122 cm³/mol. The average molecular weight is 405 g/mol. The summed E-state index contributed by atoms with van der Waals surface area (Å²) in [4.78, 5) is 17.7. The minimum atomic E-state index is -0.122.